The van der Waals surface area contributed by atoms with Gasteiger partial charge in [0.1, 0.15) is 5.78 Å². The van der Waals surface area contributed by atoms with Crippen LogP contribution in [0.3, 0.4) is 0 Å². The van der Waals surface area contributed by atoms with Gasteiger partial charge in [-0.1, -0.05) is 46.3 Å². The SMILES string of the molecule is CC(=O)C(CBr)C(O)c1ccccc1. The maximum absolute atomic E-state index is 11.2. The van der Waals surface area contributed by atoms with Crippen LogP contribution in [0.2, 0.25) is 0 Å². The Morgan fingerprint density at radius 1 is 1.43 bits per heavy atom. The molecule has 1 aromatic carbocycles. The number of ketones is 1. The van der Waals surface area contributed by atoms with Gasteiger partial charge < -0.3 is 5.11 Å². The molecule has 1 rings (SSSR count). The Morgan fingerprint density at radius 3 is 2.43 bits per heavy atom. The number of alkyl halides is 1. The van der Waals surface area contributed by atoms with Crippen molar-refractivity contribution in [2.24, 2.45) is 5.92 Å². The minimum atomic E-state index is -0.715. The molecule has 0 spiro atoms. The van der Waals surface area contributed by atoms with Crippen molar-refractivity contribution in [1.82, 2.24) is 0 Å². The van der Waals surface area contributed by atoms with Crippen molar-refractivity contribution in [2.45, 2.75) is 13.0 Å². The molecule has 0 bridgehead atoms. The van der Waals surface area contributed by atoms with Crippen LogP contribution in [0.5, 0.6) is 0 Å². The number of hydrogen-bond acceptors (Lipinski definition) is 2. The molecule has 0 fully saturated rings. The highest BCUT2D eigenvalue weighted by Crippen LogP contribution is 2.23. The monoisotopic (exact) mass is 256 g/mol. The van der Waals surface area contributed by atoms with Gasteiger partial charge in [-0.25, -0.2) is 0 Å². The Balaban J connectivity index is 2.83. The van der Waals surface area contributed by atoms with Crippen LogP contribution in [0, 0.1) is 5.92 Å². The van der Waals surface area contributed by atoms with Crippen molar-refractivity contribution < 1.29 is 9.90 Å². The predicted molar refractivity (Wildman–Crippen MR) is 59.4 cm³/mol. The summed E-state index contributed by atoms with van der Waals surface area (Å²) in [7, 11) is 0. The van der Waals surface area contributed by atoms with E-state index in [0.717, 1.165) is 5.56 Å². The molecule has 0 aromatic heterocycles. The molecule has 0 aliphatic heterocycles. The zero-order valence-corrected chi connectivity index (χ0v) is 9.57. The van der Waals surface area contributed by atoms with E-state index in [1.165, 1.54) is 6.92 Å². The Kier molecular flexibility index (Phi) is 4.29. The Hall–Kier alpha value is -0.670. The normalized spacial score (nSPS) is 14.8. The maximum atomic E-state index is 11.2. The summed E-state index contributed by atoms with van der Waals surface area (Å²) in [4.78, 5) is 11.2. The molecule has 0 aliphatic carbocycles. The summed E-state index contributed by atoms with van der Waals surface area (Å²) < 4.78 is 0. The number of aliphatic hydroxyl groups is 1. The van der Waals surface area contributed by atoms with Gasteiger partial charge in [-0.3, -0.25) is 4.79 Å². The van der Waals surface area contributed by atoms with E-state index in [0.29, 0.717) is 5.33 Å². The number of carbonyl (C=O) groups excluding carboxylic acids is 1. The summed E-state index contributed by atoms with van der Waals surface area (Å²) in [6, 6.07) is 9.23. The molecule has 14 heavy (non-hydrogen) atoms. The molecule has 2 nitrogen and oxygen atoms in total. The second-order valence-corrected chi connectivity index (χ2v) is 3.87. The fourth-order valence-electron chi connectivity index (χ4n) is 1.30. The van der Waals surface area contributed by atoms with E-state index in [1.54, 1.807) is 0 Å². The van der Waals surface area contributed by atoms with Gasteiger partial charge in [0.25, 0.3) is 0 Å². The minimum Gasteiger partial charge on any atom is -0.388 e. The van der Waals surface area contributed by atoms with Gasteiger partial charge >= 0.3 is 0 Å². The third-order valence-electron chi connectivity index (χ3n) is 2.21. The van der Waals surface area contributed by atoms with Crippen molar-refractivity contribution in [3.8, 4) is 0 Å². The van der Waals surface area contributed by atoms with Gasteiger partial charge in [0.15, 0.2) is 0 Å². The first kappa shape index (κ1) is 11.4. The van der Waals surface area contributed by atoms with Crippen LogP contribution >= 0.6 is 15.9 Å². The number of benzene rings is 1. The van der Waals surface area contributed by atoms with Gasteiger partial charge in [0.2, 0.25) is 0 Å². The lowest BCUT2D eigenvalue weighted by molar-refractivity contribution is -0.123. The van der Waals surface area contributed by atoms with Crippen LogP contribution < -0.4 is 0 Å². The maximum Gasteiger partial charge on any atom is 0.136 e. The van der Waals surface area contributed by atoms with Gasteiger partial charge in [-0.05, 0) is 12.5 Å². The first-order valence-electron chi connectivity index (χ1n) is 4.46. The molecule has 76 valence electrons. The van der Waals surface area contributed by atoms with E-state index in [1.807, 2.05) is 30.3 Å². The summed E-state index contributed by atoms with van der Waals surface area (Å²) in [5, 5.41) is 10.4. The quantitative estimate of drug-likeness (QED) is 0.840. The van der Waals surface area contributed by atoms with Crippen molar-refractivity contribution in [3.63, 3.8) is 0 Å². The number of hydrogen-bond donors (Lipinski definition) is 1. The second kappa shape index (κ2) is 5.27. The lowest BCUT2D eigenvalue weighted by Crippen LogP contribution is -2.21. The zero-order valence-electron chi connectivity index (χ0n) is 7.98. The Morgan fingerprint density at radius 2 is 2.00 bits per heavy atom. The third kappa shape index (κ3) is 2.66. The molecule has 1 N–H and O–H groups in total. The average Bonchev–Trinajstić information content (AvgIpc) is 2.19. The van der Waals surface area contributed by atoms with E-state index < -0.39 is 6.10 Å². The van der Waals surface area contributed by atoms with Crippen LogP contribution in [0.15, 0.2) is 30.3 Å². The van der Waals surface area contributed by atoms with Crippen LogP contribution in [-0.2, 0) is 4.79 Å². The molecule has 1 aromatic rings. The number of aliphatic hydroxyl groups excluding tert-OH is 1. The van der Waals surface area contributed by atoms with Gasteiger partial charge in [-0.15, -0.1) is 0 Å². The molecule has 0 saturated carbocycles. The standard InChI is InChI=1S/C11H13BrO2/c1-8(13)10(7-12)11(14)9-5-3-2-4-6-9/h2-6,10-11,14H,7H2,1H3. The summed E-state index contributed by atoms with van der Waals surface area (Å²) >= 11 is 3.23. The van der Waals surface area contributed by atoms with E-state index in [2.05, 4.69) is 15.9 Å². The highest BCUT2D eigenvalue weighted by Gasteiger charge is 2.23. The summed E-state index contributed by atoms with van der Waals surface area (Å²) in [5.41, 5.74) is 0.784. The topological polar surface area (TPSA) is 37.3 Å². The fraction of sp³-hybridized carbons (Fsp3) is 0.364. The lowest BCUT2D eigenvalue weighted by atomic mass is 9.94. The predicted octanol–water partition coefficient (Wildman–Crippen LogP) is 2.32. The molecular weight excluding hydrogens is 244 g/mol. The number of carbonyl (C=O) groups is 1. The summed E-state index contributed by atoms with van der Waals surface area (Å²) in [6.07, 6.45) is -0.715. The first-order chi connectivity index (χ1) is 6.66. The number of rotatable bonds is 4. The molecular formula is C11H13BrO2. The van der Waals surface area contributed by atoms with Crippen LogP contribution in [0.25, 0.3) is 0 Å². The third-order valence-corrected chi connectivity index (χ3v) is 2.91. The average molecular weight is 257 g/mol. The molecule has 0 saturated heterocycles. The van der Waals surface area contributed by atoms with E-state index in [9.17, 15) is 9.90 Å². The molecule has 0 heterocycles. The van der Waals surface area contributed by atoms with E-state index >= 15 is 0 Å². The van der Waals surface area contributed by atoms with Crippen molar-refractivity contribution >= 4 is 21.7 Å². The van der Waals surface area contributed by atoms with E-state index in [4.69, 9.17) is 0 Å². The summed E-state index contributed by atoms with van der Waals surface area (Å²) in [5.74, 6) is -0.365. The van der Waals surface area contributed by atoms with Crippen molar-refractivity contribution in [1.29, 1.82) is 0 Å². The second-order valence-electron chi connectivity index (χ2n) is 3.23. The molecule has 2 unspecified atom stereocenters. The smallest absolute Gasteiger partial charge is 0.136 e. The van der Waals surface area contributed by atoms with Crippen molar-refractivity contribution in [2.75, 3.05) is 5.33 Å². The highest BCUT2D eigenvalue weighted by atomic mass is 79.9. The van der Waals surface area contributed by atoms with Crippen LogP contribution in [0.1, 0.15) is 18.6 Å². The Bertz CT molecular complexity index is 297. The zero-order chi connectivity index (χ0) is 10.6. The molecule has 2 atom stereocenters. The lowest BCUT2D eigenvalue weighted by Gasteiger charge is -2.18. The van der Waals surface area contributed by atoms with Gasteiger partial charge in [-0.2, -0.15) is 0 Å². The molecule has 3 heteroatoms. The molecule has 0 radical (unpaired) electrons. The largest absolute Gasteiger partial charge is 0.388 e. The van der Waals surface area contributed by atoms with Crippen LogP contribution in [-0.4, -0.2) is 16.2 Å². The van der Waals surface area contributed by atoms with Gasteiger partial charge in [0.05, 0.1) is 12.0 Å². The minimum absolute atomic E-state index is 0.00164. The van der Waals surface area contributed by atoms with Crippen LogP contribution in [0.4, 0.5) is 0 Å². The highest BCUT2D eigenvalue weighted by molar-refractivity contribution is 9.09. The first-order valence-corrected chi connectivity index (χ1v) is 5.58. The van der Waals surface area contributed by atoms with E-state index in [-0.39, 0.29) is 11.7 Å². The van der Waals surface area contributed by atoms with Crippen molar-refractivity contribution in [3.05, 3.63) is 35.9 Å². The fourth-order valence-corrected chi connectivity index (χ4v) is 2.11. The number of halogens is 1. The van der Waals surface area contributed by atoms with Gasteiger partial charge in [0, 0.05) is 5.33 Å². The molecule has 0 amide bonds. The number of Topliss-reactive ketones (excluding diaryl/α,β-unsaturated/α-hetero) is 1. The summed E-state index contributed by atoms with van der Waals surface area (Å²) in [6.45, 7) is 1.50. The molecule has 0 aliphatic rings. The Labute approximate surface area is 92.1 Å².